The number of hydrogen-bond acceptors (Lipinski definition) is 6. The fourth-order valence-corrected chi connectivity index (χ4v) is 3.45. The molecule has 0 spiro atoms. The van der Waals surface area contributed by atoms with Gasteiger partial charge in [0.2, 0.25) is 0 Å². The van der Waals surface area contributed by atoms with Crippen LogP contribution in [-0.4, -0.2) is 50.5 Å². The van der Waals surface area contributed by atoms with Crippen molar-refractivity contribution in [3.05, 3.63) is 52.0 Å². The van der Waals surface area contributed by atoms with Crippen LogP contribution in [0.2, 0.25) is 10.0 Å². The van der Waals surface area contributed by atoms with E-state index in [0.29, 0.717) is 46.0 Å². The van der Waals surface area contributed by atoms with Gasteiger partial charge in [0.1, 0.15) is 6.04 Å². The van der Waals surface area contributed by atoms with E-state index in [1.165, 1.54) is 0 Å². The van der Waals surface area contributed by atoms with E-state index in [0.717, 1.165) is 0 Å². The number of aryl methyl sites for hydroxylation is 1. The minimum atomic E-state index is -0.474. The van der Waals surface area contributed by atoms with Gasteiger partial charge in [-0.3, -0.25) is 9.48 Å². The van der Waals surface area contributed by atoms with Gasteiger partial charge in [-0.15, -0.1) is 0 Å². The molecular formula is C17H15Cl2N5O3. The monoisotopic (exact) mass is 407 g/mol. The first-order valence-corrected chi connectivity index (χ1v) is 8.94. The maximum absolute atomic E-state index is 13.0. The Hall–Kier alpha value is -2.42. The van der Waals surface area contributed by atoms with Crippen molar-refractivity contribution in [3.63, 3.8) is 0 Å². The molecule has 27 heavy (non-hydrogen) atoms. The van der Waals surface area contributed by atoms with Crippen LogP contribution in [0.1, 0.15) is 22.2 Å². The van der Waals surface area contributed by atoms with Gasteiger partial charge in [0, 0.05) is 35.4 Å². The van der Waals surface area contributed by atoms with E-state index in [-0.39, 0.29) is 12.5 Å². The van der Waals surface area contributed by atoms with Crippen molar-refractivity contribution in [1.29, 1.82) is 0 Å². The molecule has 3 aromatic rings. The molecule has 1 aliphatic rings. The molecule has 1 aromatic carbocycles. The van der Waals surface area contributed by atoms with E-state index in [2.05, 4.69) is 15.2 Å². The fraction of sp³-hybridized carbons (Fsp3) is 0.294. The van der Waals surface area contributed by atoms with Gasteiger partial charge >= 0.3 is 0 Å². The van der Waals surface area contributed by atoms with Gasteiger partial charge in [-0.05, 0) is 18.2 Å². The fourth-order valence-electron chi connectivity index (χ4n) is 2.92. The van der Waals surface area contributed by atoms with Gasteiger partial charge in [-0.25, -0.2) is 0 Å². The highest BCUT2D eigenvalue weighted by atomic mass is 35.5. The zero-order valence-electron chi connectivity index (χ0n) is 14.3. The summed E-state index contributed by atoms with van der Waals surface area (Å²) in [6.07, 6.45) is 3.40. The third-order valence-electron chi connectivity index (χ3n) is 4.19. The summed E-state index contributed by atoms with van der Waals surface area (Å²) in [4.78, 5) is 19.1. The summed E-state index contributed by atoms with van der Waals surface area (Å²) in [6.45, 7) is 1.08. The number of ether oxygens (including phenoxy) is 1. The summed E-state index contributed by atoms with van der Waals surface area (Å²) in [7, 11) is 1.80. The normalized spacial score (nSPS) is 17.3. The van der Waals surface area contributed by atoms with Gasteiger partial charge in [0.15, 0.2) is 5.82 Å². The molecule has 1 aliphatic heterocycles. The second kappa shape index (κ2) is 7.30. The Labute approximate surface area is 164 Å². The molecule has 0 aliphatic carbocycles. The first-order valence-electron chi connectivity index (χ1n) is 8.18. The molecule has 140 valence electrons. The number of aromatic nitrogens is 4. The minimum absolute atomic E-state index is 0.222. The molecule has 3 heterocycles. The van der Waals surface area contributed by atoms with Crippen LogP contribution in [0.25, 0.3) is 11.5 Å². The molecule has 0 unspecified atom stereocenters. The number of amides is 1. The van der Waals surface area contributed by atoms with E-state index >= 15 is 0 Å². The van der Waals surface area contributed by atoms with Crippen LogP contribution in [0, 0.1) is 0 Å². The number of carbonyl (C=O) groups excluding carboxylic acids is 1. The zero-order valence-corrected chi connectivity index (χ0v) is 15.8. The number of carbonyl (C=O) groups is 1. The van der Waals surface area contributed by atoms with Crippen molar-refractivity contribution in [2.75, 3.05) is 19.8 Å². The Morgan fingerprint density at radius 3 is 2.74 bits per heavy atom. The largest absolute Gasteiger partial charge is 0.377 e. The van der Waals surface area contributed by atoms with E-state index in [1.54, 1.807) is 47.2 Å². The molecule has 8 nitrogen and oxygen atoms in total. The molecule has 1 saturated heterocycles. The second-order valence-corrected chi connectivity index (χ2v) is 6.98. The Morgan fingerprint density at radius 1 is 1.26 bits per heavy atom. The standard InChI is InChI=1S/C17H15Cl2N5O3/c1-23-8-11(7-20-23)16-21-15(22-27-16)14-9-26-3-2-24(14)17(25)10-4-12(18)6-13(19)5-10/h4-8,14H,2-3,9H2,1H3/t14-/m0/s1. The highest BCUT2D eigenvalue weighted by Crippen LogP contribution is 2.28. The van der Waals surface area contributed by atoms with E-state index < -0.39 is 6.04 Å². The first kappa shape index (κ1) is 18.0. The number of halogens is 2. The molecule has 10 heteroatoms. The van der Waals surface area contributed by atoms with Gasteiger partial charge < -0.3 is 14.2 Å². The number of rotatable bonds is 3. The number of benzene rings is 1. The van der Waals surface area contributed by atoms with Gasteiger partial charge in [0.05, 0.1) is 25.0 Å². The molecule has 1 fully saturated rings. The quantitative estimate of drug-likeness (QED) is 0.663. The molecule has 1 amide bonds. The Morgan fingerprint density at radius 2 is 2.04 bits per heavy atom. The molecule has 0 radical (unpaired) electrons. The van der Waals surface area contributed by atoms with Crippen molar-refractivity contribution in [3.8, 4) is 11.5 Å². The molecule has 2 aromatic heterocycles. The zero-order chi connectivity index (χ0) is 19.0. The maximum Gasteiger partial charge on any atom is 0.261 e. The van der Waals surface area contributed by atoms with Crippen LogP contribution in [0.15, 0.2) is 35.1 Å². The Bertz CT molecular complexity index is 966. The summed E-state index contributed by atoms with van der Waals surface area (Å²) in [5.41, 5.74) is 1.10. The summed E-state index contributed by atoms with van der Waals surface area (Å²) in [6, 6.07) is 4.27. The number of morpholine rings is 1. The molecule has 4 rings (SSSR count). The molecule has 0 saturated carbocycles. The van der Waals surface area contributed by atoms with Crippen LogP contribution in [0.4, 0.5) is 0 Å². The van der Waals surface area contributed by atoms with Crippen LogP contribution >= 0.6 is 23.2 Å². The lowest BCUT2D eigenvalue weighted by atomic mass is 10.1. The van der Waals surface area contributed by atoms with Gasteiger partial charge in [-0.2, -0.15) is 10.1 Å². The molecule has 0 bridgehead atoms. The van der Waals surface area contributed by atoms with Gasteiger partial charge in [-0.1, -0.05) is 28.4 Å². The summed E-state index contributed by atoms with van der Waals surface area (Å²) < 4.78 is 12.5. The molecular weight excluding hydrogens is 393 g/mol. The Kier molecular flexibility index (Phi) is 4.86. The summed E-state index contributed by atoms with van der Waals surface area (Å²) in [5, 5.41) is 8.92. The SMILES string of the molecule is Cn1cc(-c2nc([C@@H]3COCCN3C(=O)c3cc(Cl)cc(Cl)c3)no2)cn1. The smallest absolute Gasteiger partial charge is 0.261 e. The summed E-state index contributed by atoms with van der Waals surface area (Å²) >= 11 is 12.1. The van der Waals surface area contributed by atoms with Crippen LogP contribution in [-0.2, 0) is 11.8 Å². The predicted molar refractivity (Wildman–Crippen MR) is 97.6 cm³/mol. The lowest BCUT2D eigenvalue weighted by molar-refractivity contribution is -0.00576. The molecule has 1 atom stereocenters. The predicted octanol–water partition coefficient (Wildman–Crippen LogP) is 2.99. The molecule has 0 N–H and O–H groups in total. The van der Waals surface area contributed by atoms with Gasteiger partial charge in [0.25, 0.3) is 11.8 Å². The topological polar surface area (TPSA) is 86.3 Å². The maximum atomic E-state index is 13.0. The van der Waals surface area contributed by atoms with E-state index in [9.17, 15) is 4.79 Å². The average molecular weight is 408 g/mol. The van der Waals surface area contributed by atoms with Crippen molar-refractivity contribution < 1.29 is 14.1 Å². The highest BCUT2D eigenvalue weighted by molar-refractivity contribution is 6.35. The summed E-state index contributed by atoms with van der Waals surface area (Å²) in [5.74, 6) is 0.484. The van der Waals surface area contributed by atoms with E-state index in [1.807, 2.05) is 0 Å². The van der Waals surface area contributed by atoms with Crippen molar-refractivity contribution in [1.82, 2.24) is 24.8 Å². The van der Waals surface area contributed by atoms with Crippen LogP contribution in [0.3, 0.4) is 0 Å². The average Bonchev–Trinajstić information content (AvgIpc) is 3.29. The highest BCUT2D eigenvalue weighted by Gasteiger charge is 2.33. The van der Waals surface area contributed by atoms with Crippen LogP contribution < -0.4 is 0 Å². The third kappa shape index (κ3) is 3.69. The van der Waals surface area contributed by atoms with Crippen molar-refractivity contribution >= 4 is 29.1 Å². The van der Waals surface area contributed by atoms with Crippen LogP contribution in [0.5, 0.6) is 0 Å². The van der Waals surface area contributed by atoms with Crippen molar-refractivity contribution in [2.45, 2.75) is 6.04 Å². The first-order chi connectivity index (χ1) is 13.0. The number of hydrogen-bond donors (Lipinski definition) is 0. The Balaban J connectivity index is 1.63. The minimum Gasteiger partial charge on any atom is -0.377 e. The number of nitrogens with zero attached hydrogens (tertiary/aromatic N) is 5. The lowest BCUT2D eigenvalue weighted by Gasteiger charge is -2.33. The van der Waals surface area contributed by atoms with E-state index in [4.69, 9.17) is 32.5 Å². The lowest BCUT2D eigenvalue weighted by Crippen LogP contribution is -2.43. The van der Waals surface area contributed by atoms with Crippen molar-refractivity contribution in [2.24, 2.45) is 7.05 Å². The third-order valence-corrected chi connectivity index (χ3v) is 4.63. The second-order valence-electron chi connectivity index (χ2n) is 6.11.